The number of fused-ring (bicyclic) bond motifs is 1. The molecule has 1 N–H and O–H groups in total. The van der Waals surface area contributed by atoms with E-state index in [-0.39, 0.29) is 6.10 Å². The molecule has 2 aliphatic rings. The molecule has 0 radical (unpaired) electrons. The highest BCUT2D eigenvalue weighted by Gasteiger charge is 2.45. The fourth-order valence-electron chi connectivity index (χ4n) is 3.82. The molecule has 0 saturated heterocycles. The summed E-state index contributed by atoms with van der Waals surface area (Å²) in [5.74, 6) is 2.07. The van der Waals surface area contributed by atoms with Crippen LogP contribution in [0.15, 0.2) is 0 Å². The van der Waals surface area contributed by atoms with Gasteiger partial charge < -0.3 is 5.11 Å². The fourth-order valence-corrected chi connectivity index (χ4v) is 3.82. The maximum absolute atomic E-state index is 10.0. The quantitative estimate of drug-likeness (QED) is 0.655. The predicted octanol–water partition coefficient (Wildman–Crippen LogP) is 4.14. The average Bonchev–Trinajstić information content (AvgIpc) is 2.29. The van der Waals surface area contributed by atoms with Gasteiger partial charge in [-0.1, -0.05) is 58.3 Å². The molecular weight excluding hydrogens is 196 g/mol. The summed E-state index contributed by atoms with van der Waals surface area (Å²) in [4.78, 5) is 0. The van der Waals surface area contributed by atoms with Gasteiger partial charge in [0.05, 0.1) is 6.10 Å². The van der Waals surface area contributed by atoms with Crippen LogP contribution in [-0.2, 0) is 0 Å². The van der Waals surface area contributed by atoms with Crippen LogP contribution in [0.3, 0.4) is 0 Å². The average molecular weight is 224 g/mol. The molecule has 0 heterocycles. The van der Waals surface area contributed by atoms with Crippen molar-refractivity contribution in [2.24, 2.45) is 17.8 Å². The van der Waals surface area contributed by atoms with Crippen molar-refractivity contribution in [3.63, 3.8) is 0 Å². The fraction of sp³-hybridized carbons (Fsp3) is 1.00. The molecule has 2 rings (SSSR count). The molecule has 16 heavy (non-hydrogen) atoms. The molecule has 2 saturated carbocycles. The minimum Gasteiger partial charge on any atom is -0.393 e. The van der Waals surface area contributed by atoms with Crippen molar-refractivity contribution in [1.82, 2.24) is 0 Å². The predicted molar refractivity (Wildman–Crippen MR) is 68.3 cm³/mol. The maximum Gasteiger partial charge on any atom is 0.0599 e. The van der Waals surface area contributed by atoms with Gasteiger partial charge in [0.15, 0.2) is 0 Å². The van der Waals surface area contributed by atoms with E-state index in [1.165, 1.54) is 64.2 Å². The van der Waals surface area contributed by atoms with Gasteiger partial charge in [-0.05, 0) is 30.6 Å². The molecule has 1 heteroatoms. The number of rotatable bonds is 0. The van der Waals surface area contributed by atoms with Gasteiger partial charge in [-0.25, -0.2) is 0 Å². The molecule has 0 spiro atoms. The van der Waals surface area contributed by atoms with Gasteiger partial charge in [0.25, 0.3) is 0 Å². The molecule has 0 amide bonds. The number of aliphatic hydroxyl groups is 1. The zero-order chi connectivity index (χ0) is 11.4. The Hall–Kier alpha value is -0.0400. The van der Waals surface area contributed by atoms with Gasteiger partial charge in [-0.15, -0.1) is 0 Å². The topological polar surface area (TPSA) is 20.2 Å². The van der Waals surface area contributed by atoms with Crippen LogP contribution in [0.2, 0.25) is 0 Å². The van der Waals surface area contributed by atoms with Crippen molar-refractivity contribution in [2.75, 3.05) is 0 Å². The first-order chi connectivity index (χ1) is 7.80. The van der Waals surface area contributed by atoms with E-state index in [1.807, 2.05) is 0 Å². The van der Waals surface area contributed by atoms with Crippen molar-refractivity contribution < 1.29 is 5.11 Å². The maximum atomic E-state index is 10.0. The Balaban J connectivity index is 1.82. The van der Waals surface area contributed by atoms with Gasteiger partial charge in [0, 0.05) is 0 Å². The lowest BCUT2D eigenvalue weighted by Crippen LogP contribution is -2.49. The lowest BCUT2D eigenvalue weighted by atomic mass is 9.59. The van der Waals surface area contributed by atoms with E-state index in [0.29, 0.717) is 11.8 Å². The molecule has 2 fully saturated rings. The minimum atomic E-state index is 0.0212. The van der Waals surface area contributed by atoms with Crippen LogP contribution in [0.1, 0.15) is 71.1 Å². The molecule has 0 aliphatic heterocycles. The van der Waals surface area contributed by atoms with Crippen molar-refractivity contribution in [1.29, 1.82) is 0 Å². The summed E-state index contributed by atoms with van der Waals surface area (Å²) in [7, 11) is 0. The van der Waals surface area contributed by atoms with E-state index in [2.05, 4.69) is 6.92 Å². The lowest BCUT2D eigenvalue weighted by Gasteiger charge is -2.48. The highest BCUT2D eigenvalue weighted by molar-refractivity contribution is 4.94. The Labute approximate surface area is 101 Å². The van der Waals surface area contributed by atoms with Crippen molar-refractivity contribution in [3.05, 3.63) is 0 Å². The van der Waals surface area contributed by atoms with Gasteiger partial charge in [0.2, 0.25) is 0 Å². The highest BCUT2D eigenvalue weighted by atomic mass is 16.3. The SMILES string of the molecule is CC1C(O)C2CCCCCCCCCCC12. The molecule has 0 aromatic carbocycles. The second kappa shape index (κ2) is 6.05. The van der Waals surface area contributed by atoms with Crippen LogP contribution < -0.4 is 0 Å². The third-order valence-corrected chi connectivity index (χ3v) is 5.03. The zero-order valence-corrected chi connectivity index (χ0v) is 10.8. The summed E-state index contributed by atoms with van der Waals surface area (Å²) in [6.45, 7) is 2.25. The first-order valence-corrected chi connectivity index (χ1v) is 7.49. The first kappa shape index (κ1) is 12.4. The third kappa shape index (κ3) is 2.80. The van der Waals surface area contributed by atoms with Gasteiger partial charge in [-0.2, -0.15) is 0 Å². The van der Waals surface area contributed by atoms with Gasteiger partial charge in [0.1, 0.15) is 0 Å². The summed E-state index contributed by atoms with van der Waals surface area (Å²) in [6, 6.07) is 0. The Bertz CT molecular complexity index is 180. The van der Waals surface area contributed by atoms with E-state index in [1.54, 1.807) is 0 Å². The lowest BCUT2D eigenvalue weighted by molar-refractivity contribution is -0.101. The second-order valence-corrected chi connectivity index (χ2v) is 6.08. The monoisotopic (exact) mass is 224 g/mol. The third-order valence-electron chi connectivity index (χ3n) is 5.03. The van der Waals surface area contributed by atoms with E-state index < -0.39 is 0 Å². The van der Waals surface area contributed by atoms with Gasteiger partial charge in [-0.3, -0.25) is 0 Å². The molecule has 1 nitrogen and oxygen atoms in total. The highest BCUT2D eigenvalue weighted by Crippen LogP contribution is 2.46. The van der Waals surface area contributed by atoms with Crippen LogP contribution in [0.25, 0.3) is 0 Å². The van der Waals surface area contributed by atoms with Crippen molar-refractivity contribution in [3.8, 4) is 0 Å². The molecule has 2 aliphatic carbocycles. The van der Waals surface area contributed by atoms with Crippen molar-refractivity contribution >= 4 is 0 Å². The largest absolute Gasteiger partial charge is 0.393 e. The number of hydrogen-bond acceptors (Lipinski definition) is 1. The zero-order valence-electron chi connectivity index (χ0n) is 10.8. The summed E-state index contributed by atoms with van der Waals surface area (Å²) < 4.78 is 0. The van der Waals surface area contributed by atoms with E-state index in [4.69, 9.17) is 0 Å². The van der Waals surface area contributed by atoms with Crippen molar-refractivity contribution in [2.45, 2.75) is 77.2 Å². The minimum absolute atomic E-state index is 0.0212. The second-order valence-electron chi connectivity index (χ2n) is 6.08. The summed E-state index contributed by atoms with van der Waals surface area (Å²) in [5, 5.41) is 10.0. The van der Waals surface area contributed by atoms with Crippen LogP contribution in [0.4, 0.5) is 0 Å². The Morgan fingerprint density at radius 1 is 0.688 bits per heavy atom. The Morgan fingerprint density at radius 3 is 1.69 bits per heavy atom. The molecule has 0 bridgehead atoms. The number of hydrogen-bond donors (Lipinski definition) is 1. The molecule has 0 aromatic rings. The summed E-state index contributed by atoms with van der Waals surface area (Å²) >= 11 is 0. The molecule has 94 valence electrons. The van der Waals surface area contributed by atoms with Crippen LogP contribution in [0, 0.1) is 17.8 Å². The normalized spacial score (nSPS) is 42.4. The molecule has 4 unspecified atom stereocenters. The Morgan fingerprint density at radius 2 is 1.12 bits per heavy atom. The van der Waals surface area contributed by atoms with Crippen LogP contribution in [0.5, 0.6) is 0 Å². The first-order valence-electron chi connectivity index (χ1n) is 7.49. The molecule has 4 atom stereocenters. The summed E-state index contributed by atoms with van der Waals surface area (Å²) in [6.07, 6.45) is 14.0. The molecule has 0 aromatic heterocycles. The van der Waals surface area contributed by atoms with E-state index in [9.17, 15) is 5.11 Å². The summed E-state index contributed by atoms with van der Waals surface area (Å²) in [5.41, 5.74) is 0. The van der Waals surface area contributed by atoms with Crippen LogP contribution >= 0.6 is 0 Å². The van der Waals surface area contributed by atoms with E-state index >= 15 is 0 Å². The standard InChI is InChI=1S/C15H28O/c1-12-13-10-8-6-4-2-3-5-7-9-11-14(13)15(12)16/h12-16H,2-11H2,1H3. The smallest absolute Gasteiger partial charge is 0.0599 e. The molecular formula is C15H28O. The van der Waals surface area contributed by atoms with E-state index in [0.717, 1.165) is 5.92 Å². The number of aliphatic hydroxyl groups excluding tert-OH is 1. The van der Waals surface area contributed by atoms with Gasteiger partial charge >= 0.3 is 0 Å². The van der Waals surface area contributed by atoms with Crippen LogP contribution in [-0.4, -0.2) is 11.2 Å². The Kier molecular flexibility index (Phi) is 4.69.